The first-order chi connectivity index (χ1) is 25.4. The third-order valence-electron chi connectivity index (χ3n) is 11.3. The van der Waals surface area contributed by atoms with Crippen LogP contribution in [-0.2, 0) is 32.2 Å². The largest absolute Gasteiger partial charge is 0.463 e. The molecule has 0 spiro atoms. The molecule has 8 heteroatoms. The van der Waals surface area contributed by atoms with Gasteiger partial charge in [0.15, 0.2) is 0 Å². The Bertz CT molecular complexity index is 1760. The van der Waals surface area contributed by atoms with Crippen molar-refractivity contribution in [3.8, 4) is 0 Å². The van der Waals surface area contributed by atoms with E-state index in [0.29, 0.717) is 24.2 Å². The summed E-state index contributed by atoms with van der Waals surface area (Å²) in [7, 11) is 0. The van der Waals surface area contributed by atoms with E-state index in [-0.39, 0.29) is 26.4 Å². The third kappa shape index (κ3) is 5.71. The van der Waals surface area contributed by atoms with Gasteiger partial charge in [0, 0.05) is 48.2 Å². The molecule has 4 aromatic carbocycles. The SMILES string of the molecule is CCOC(=O)C1=CN(Cc2ccccc2)C2C(CO)(C1c1ccccc1)C1N(Cc3ccccc3)C=C(C(=O)OCC)[C@H](c3ccccc3)C21CO. The minimum atomic E-state index is -1.05. The Kier molecular flexibility index (Phi) is 10.0. The van der Waals surface area contributed by atoms with Gasteiger partial charge in [0.05, 0.1) is 49.7 Å². The minimum absolute atomic E-state index is 0.192. The molecule has 0 saturated heterocycles. The molecule has 1 aliphatic carbocycles. The van der Waals surface area contributed by atoms with Gasteiger partial charge in [0.25, 0.3) is 0 Å². The molecule has 4 aromatic rings. The summed E-state index contributed by atoms with van der Waals surface area (Å²) in [6.07, 6.45) is 3.78. The first-order valence-corrected chi connectivity index (χ1v) is 18.1. The van der Waals surface area contributed by atoms with Crippen LogP contribution in [0.4, 0.5) is 0 Å². The molecular formula is C44H46N2O6. The average Bonchev–Trinajstić information content (AvgIpc) is 3.17. The number of fused-ring (bicyclic) bond motifs is 4. The highest BCUT2D eigenvalue weighted by Crippen LogP contribution is 2.74. The van der Waals surface area contributed by atoms with Crippen LogP contribution in [0.1, 0.15) is 47.9 Å². The van der Waals surface area contributed by atoms with E-state index in [2.05, 4.69) is 9.80 Å². The van der Waals surface area contributed by atoms with Crippen molar-refractivity contribution >= 4 is 11.9 Å². The Morgan fingerprint density at radius 2 is 0.885 bits per heavy atom. The maximum absolute atomic E-state index is 14.2. The van der Waals surface area contributed by atoms with Crippen LogP contribution in [0, 0.1) is 10.8 Å². The molecule has 52 heavy (non-hydrogen) atoms. The summed E-state index contributed by atoms with van der Waals surface area (Å²) in [5.74, 6) is -2.11. The minimum Gasteiger partial charge on any atom is -0.463 e. The van der Waals surface area contributed by atoms with Gasteiger partial charge in [-0.2, -0.15) is 0 Å². The number of nitrogens with zero attached hydrogens (tertiary/aromatic N) is 2. The number of aliphatic hydroxyl groups excluding tert-OH is 2. The number of esters is 2. The zero-order valence-corrected chi connectivity index (χ0v) is 29.7. The molecule has 0 radical (unpaired) electrons. The highest BCUT2D eigenvalue weighted by Gasteiger charge is 2.81. The standard InChI is InChI=1S/C44H46N2O6/c1-3-51-39(49)35-27-45(25-31-17-9-5-10-18-31)41-43(29-47,37(35)33-21-13-7-14-22-33)42-44(41,30-48)38(34-23-15-8-16-24-34)36(40(50)52-4-2)28-46(42)26-32-19-11-6-12-20-32/h5-24,27-28,37-38,41-42,47-48H,3-4,25-26,29-30H2,1-2H3/t37-,38?,41?,42?,43?,44?/m0/s1. The van der Waals surface area contributed by atoms with Crippen LogP contribution < -0.4 is 0 Å². The first kappa shape index (κ1) is 35.2. The first-order valence-electron chi connectivity index (χ1n) is 18.1. The number of ether oxygens (including phenoxy) is 2. The zero-order chi connectivity index (χ0) is 36.3. The molecule has 3 aliphatic rings. The highest BCUT2D eigenvalue weighted by atomic mass is 16.5. The fourth-order valence-corrected chi connectivity index (χ4v) is 9.74. The molecule has 2 aliphatic heterocycles. The van der Waals surface area contributed by atoms with Gasteiger partial charge >= 0.3 is 11.9 Å². The van der Waals surface area contributed by atoms with Crippen molar-refractivity contribution < 1.29 is 29.3 Å². The van der Waals surface area contributed by atoms with Crippen LogP contribution >= 0.6 is 0 Å². The number of hydrogen-bond acceptors (Lipinski definition) is 8. The summed E-state index contributed by atoms with van der Waals surface area (Å²) >= 11 is 0. The van der Waals surface area contributed by atoms with Gasteiger partial charge in [-0.1, -0.05) is 121 Å². The summed E-state index contributed by atoms with van der Waals surface area (Å²) in [6, 6.07) is 38.5. The monoisotopic (exact) mass is 698 g/mol. The van der Waals surface area contributed by atoms with Crippen LogP contribution in [-0.4, -0.2) is 70.5 Å². The number of rotatable bonds is 12. The van der Waals surface area contributed by atoms with E-state index in [1.54, 1.807) is 13.8 Å². The van der Waals surface area contributed by atoms with Crippen molar-refractivity contribution in [3.63, 3.8) is 0 Å². The van der Waals surface area contributed by atoms with E-state index in [9.17, 15) is 19.8 Å². The summed E-state index contributed by atoms with van der Waals surface area (Å²) in [5, 5.41) is 24.3. The second-order valence-electron chi connectivity index (χ2n) is 14.0. The zero-order valence-electron chi connectivity index (χ0n) is 29.7. The lowest BCUT2D eigenvalue weighted by Crippen LogP contribution is -2.86. The molecule has 7 rings (SSSR count). The summed E-state index contributed by atoms with van der Waals surface area (Å²) < 4.78 is 11.5. The predicted molar refractivity (Wildman–Crippen MR) is 198 cm³/mol. The maximum atomic E-state index is 14.2. The number of carbonyl (C=O) groups is 2. The fraction of sp³-hybridized carbons (Fsp3) is 0.318. The Morgan fingerprint density at radius 3 is 1.19 bits per heavy atom. The molecule has 6 atom stereocenters. The van der Waals surface area contributed by atoms with E-state index in [4.69, 9.17) is 9.47 Å². The van der Waals surface area contributed by atoms with Gasteiger partial charge in [-0.15, -0.1) is 0 Å². The molecular weight excluding hydrogens is 652 g/mol. The van der Waals surface area contributed by atoms with E-state index < -0.39 is 46.7 Å². The van der Waals surface area contributed by atoms with Gasteiger partial charge in [0.1, 0.15) is 0 Å². The molecule has 2 N–H and O–H groups in total. The summed E-state index contributed by atoms with van der Waals surface area (Å²) in [5.41, 5.74) is 2.51. The summed E-state index contributed by atoms with van der Waals surface area (Å²) in [6.45, 7) is 4.15. The fourth-order valence-electron chi connectivity index (χ4n) is 9.74. The van der Waals surface area contributed by atoms with Crippen molar-refractivity contribution in [3.05, 3.63) is 167 Å². The molecule has 1 saturated carbocycles. The second kappa shape index (κ2) is 14.8. The van der Waals surface area contributed by atoms with Crippen molar-refractivity contribution in [2.24, 2.45) is 10.8 Å². The second-order valence-corrected chi connectivity index (χ2v) is 14.0. The topological polar surface area (TPSA) is 99.5 Å². The third-order valence-corrected chi connectivity index (χ3v) is 11.3. The van der Waals surface area contributed by atoms with Gasteiger partial charge in [-0.05, 0) is 36.1 Å². The van der Waals surface area contributed by atoms with Crippen LogP contribution in [0.2, 0.25) is 0 Å². The highest BCUT2D eigenvalue weighted by molar-refractivity contribution is 5.92. The van der Waals surface area contributed by atoms with Gasteiger partial charge in [-0.3, -0.25) is 0 Å². The maximum Gasteiger partial charge on any atom is 0.336 e. The Labute approximate surface area is 305 Å². The van der Waals surface area contributed by atoms with Crippen LogP contribution in [0.5, 0.6) is 0 Å². The molecule has 0 amide bonds. The molecule has 2 heterocycles. The van der Waals surface area contributed by atoms with Crippen LogP contribution in [0.3, 0.4) is 0 Å². The number of aliphatic hydroxyl groups is 2. The van der Waals surface area contributed by atoms with Gasteiger partial charge in [-0.25, -0.2) is 9.59 Å². The lowest BCUT2D eigenvalue weighted by Gasteiger charge is -2.78. The van der Waals surface area contributed by atoms with Gasteiger partial charge in [0.2, 0.25) is 0 Å². The van der Waals surface area contributed by atoms with E-state index in [1.807, 2.05) is 134 Å². The van der Waals surface area contributed by atoms with Crippen molar-refractivity contribution in [2.75, 3.05) is 26.4 Å². The van der Waals surface area contributed by atoms with Crippen LogP contribution in [0.15, 0.2) is 145 Å². The van der Waals surface area contributed by atoms with E-state index >= 15 is 0 Å². The molecule has 0 bridgehead atoms. The number of carbonyl (C=O) groups excluding carboxylic acids is 2. The van der Waals surface area contributed by atoms with Crippen LogP contribution in [0.25, 0.3) is 0 Å². The Hall–Kier alpha value is -5.18. The molecule has 1 fully saturated rings. The summed E-state index contributed by atoms with van der Waals surface area (Å²) in [4.78, 5) is 32.6. The lowest BCUT2D eigenvalue weighted by molar-refractivity contribution is -0.264. The van der Waals surface area contributed by atoms with E-state index in [0.717, 1.165) is 22.3 Å². The number of hydrogen-bond donors (Lipinski definition) is 2. The van der Waals surface area contributed by atoms with Gasteiger partial charge < -0.3 is 29.5 Å². The van der Waals surface area contributed by atoms with Crippen molar-refractivity contribution in [1.82, 2.24) is 9.80 Å². The smallest absolute Gasteiger partial charge is 0.336 e. The molecule has 8 nitrogen and oxygen atoms in total. The number of benzene rings is 4. The molecule has 5 unspecified atom stereocenters. The lowest BCUT2D eigenvalue weighted by atomic mass is 9.34. The van der Waals surface area contributed by atoms with Crippen molar-refractivity contribution in [2.45, 2.75) is 50.9 Å². The Morgan fingerprint density at radius 1 is 0.558 bits per heavy atom. The molecule has 268 valence electrons. The quantitative estimate of drug-likeness (QED) is 0.169. The van der Waals surface area contributed by atoms with Crippen molar-refractivity contribution in [1.29, 1.82) is 0 Å². The van der Waals surface area contributed by atoms with E-state index in [1.165, 1.54) is 0 Å². The Balaban J connectivity index is 1.56. The predicted octanol–water partition coefficient (Wildman–Crippen LogP) is 6.19. The molecule has 0 aromatic heterocycles. The normalized spacial score (nSPS) is 26.2. The average molecular weight is 699 g/mol.